The van der Waals surface area contributed by atoms with Gasteiger partial charge in [-0.15, -0.1) is 0 Å². The molecule has 1 saturated heterocycles. The number of ether oxygens (including phenoxy) is 1. The molecule has 9 nitrogen and oxygen atoms in total. The Bertz CT molecular complexity index is 981. The van der Waals surface area contributed by atoms with E-state index >= 15 is 0 Å². The van der Waals surface area contributed by atoms with Gasteiger partial charge in [-0.3, -0.25) is 0 Å². The summed E-state index contributed by atoms with van der Waals surface area (Å²) in [5, 5.41) is 13.0. The van der Waals surface area contributed by atoms with E-state index in [1.807, 2.05) is 18.7 Å². The zero-order valence-electron chi connectivity index (χ0n) is 16.8. The van der Waals surface area contributed by atoms with Crippen LogP contribution in [0.1, 0.15) is 25.8 Å². The Morgan fingerprint density at radius 1 is 1.34 bits per heavy atom. The molecule has 0 spiro atoms. The summed E-state index contributed by atoms with van der Waals surface area (Å²) in [6.07, 6.45) is 1.25. The maximum Gasteiger partial charge on any atom is 0.320 e. The summed E-state index contributed by atoms with van der Waals surface area (Å²) in [6.45, 7) is 5.01. The molecule has 1 aromatic carbocycles. The fourth-order valence-corrected chi connectivity index (χ4v) is 4.14. The number of anilines is 3. The maximum absolute atomic E-state index is 12.0. The fraction of sp³-hybridized carbons (Fsp3) is 0.474. The van der Waals surface area contributed by atoms with E-state index in [4.69, 9.17) is 10.5 Å². The largest absolute Gasteiger partial charge is 0.461 e. The number of sulfone groups is 1. The lowest BCUT2D eigenvalue weighted by atomic mass is 10.2. The van der Waals surface area contributed by atoms with Gasteiger partial charge < -0.3 is 25.8 Å². The first kappa shape index (κ1) is 21.1. The van der Waals surface area contributed by atoms with E-state index in [1.165, 1.54) is 6.26 Å². The zero-order chi connectivity index (χ0) is 21.2. The molecule has 1 unspecified atom stereocenters. The van der Waals surface area contributed by atoms with Crippen molar-refractivity contribution in [3.63, 3.8) is 0 Å². The van der Waals surface area contributed by atoms with Crippen molar-refractivity contribution in [3.8, 4) is 6.01 Å². The number of nitrogen functional groups attached to an aromatic ring is 1. The van der Waals surface area contributed by atoms with Crippen LogP contribution >= 0.6 is 0 Å². The predicted molar refractivity (Wildman–Crippen MR) is 112 cm³/mol. The Morgan fingerprint density at radius 3 is 2.69 bits per heavy atom. The fourth-order valence-electron chi connectivity index (χ4n) is 3.20. The van der Waals surface area contributed by atoms with Crippen LogP contribution in [0.5, 0.6) is 6.01 Å². The van der Waals surface area contributed by atoms with Crippen molar-refractivity contribution in [2.75, 3.05) is 35.3 Å². The van der Waals surface area contributed by atoms with Gasteiger partial charge in [0.05, 0.1) is 17.1 Å². The van der Waals surface area contributed by atoms with Gasteiger partial charge in [0.25, 0.3) is 0 Å². The van der Waals surface area contributed by atoms with Crippen molar-refractivity contribution in [2.24, 2.45) is 0 Å². The number of hydrogen-bond donors (Lipinski definition) is 3. The number of hydrogen-bond acceptors (Lipinski definition) is 9. The molecule has 0 saturated carbocycles. The Balaban J connectivity index is 1.92. The lowest BCUT2D eigenvalue weighted by Crippen LogP contribution is -2.25. The number of aliphatic hydroxyl groups is 1. The standard InChI is InChI=1S/C19H27N5O4S/c1-12(2)28-19-22-17(16(20)18(23-19)24-9-8-14(25)11-24)21-10-13-6-4-5-7-15(13)29(3,26)27/h4-7,12,14,25H,8-11,20H2,1-3H3,(H,21,22,23). The minimum Gasteiger partial charge on any atom is -0.461 e. The van der Waals surface area contributed by atoms with Crippen molar-refractivity contribution in [2.45, 2.75) is 43.9 Å². The van der Waals surface area contributed by atoms with E-state index in [-0.39, 0.29) is 23.6 Å². The Morgan fingerprint density at radius 2 is 2.07 bits per heavy atom. The summed E-state index contributed by atoms with van der Waals surface area (Å²) in [4.78, 5) is 10.9. The normalized spacial score (nSPS) is 17.0. The quantitative estimate of drug-likeness (QED) is 0.607. The van der Waals surface area contributed by atoms with Crippen LogP contribution in [-0.4, -0.2) is 55.0 Å². The van der Waals surface area contributed by atoms with Gasteiger partial charge in [0.15, 0.2) is 21.5 Å². The molecule has 1 atom stereocenters. The third-order valence-corrected chi connectivity index (χ3v) is 5.72. The van der Waals surface area contributed by atoms with Crippen molar-refractivity contribution >= 4 is 27.2 Å². The van der Waals surface area contributed by atoms with E-state index in [2.05, 4.69) is 15.3 Å². The molecule has 158 valence electrons. The van der Waals surface area contributed by atoms with Crippen molar-refractivity contribution in [3.05, 3.63) is 29.8 Å². The number of β-amino-alcohol motifs (C(OH)–C–C–N with tert-alkyl or cyclic N) is 1. The molecule has 4 N–H and O–H groups in total. The number of nitrogens with zero attached hydrogens (tertiary/aromatic N) is 3. The first-order chi connectivity index (χ1) is 13.6. The SMILES string of the molecule is CC(C)Oc1nc(NCc2ccccc2S(C)(=O)=O)c(N)c(N2CCC(O)C2)n1. The molecule has 1 fully saturated rings. The van der Waals surface area contributed by atoms with Gasteiger partial charge in [-0.05, 0) is 31.9 Å². The smallest absolute Gasteiger partial charge is 0.320 e. The molecular weight excluding hydrogens is 394 g/mol. The Hall–Kier alpha value is -2.59. The molecule has 2 aromatic rings. The molecule has 3 rings (SSSR count). The monoisotopic (exact) mass is 421 g/mol. The van der Waals surface area contributed by atoms with Crippen molar-refractivity contribution < 1.29 is 18.3 Å². The van der Waals surface area contributed by atoms with Crippen LogP contribution < -0.4 is 20.7 Å². The van der Waals surface area contributed by atoms with Crippen LogP contribution in [0.4, 0.5) is 17.3 Å². The van der Waals surface area contributed by atoms with Crippen LogP contribution in [0.15, 0.2) is 29.2 Å². The molecule has 29 heavy (non-hydrogen) atoms. The second kappa shape index (κ2) is 8.42. The van der Waals surface area contributed by atoms with Crippen LogP contribution in [0.2, 0.25) is 0 Å². The highest BCUT2D eigenvalue weighted by Crippen LogP contribution is 2.32. The second-order valence-electron chi connectivity index (χ2n) is 7.38. The van der Waals surface area contributed by atoms with Gasteiger partial charge in [0.1, 0.15) is 5.69 Å². The number of aliphatic hydroxyl groups excluding tert-OH is 1. The summed E-state index contributed by atoms with van der Waals surface area (Å²) >= 11 is 0. The van der Waals surface area contributed by atoms with E-state index in [0.717, 1.165) is 0 Å². The Kier molecular flexibility index (Phi) is 6.13. The van der Waals surface area contributed by atoms with Crippen molar-refractivity contribution in [1.82, 2.24) is 9.97 Å². The molecule has 1 aliphatic rings. The highest BCUT2D eigenvalue weighted by atomic mass is 32.2. The van der Waals surface area contributed by atoms with Crippen molar-refractivity contribution in [1.29, 1.82) is 0 Å². The Labute approximate surface area is 170 Å². The number of nitrogens with one attached hydrogen (secondary N) is 1. The van der Waals surface area contributed by atoms with E-state index < -0.39 is 15.9 Å². The number of nitrogens with two attached hydrogens (primary N) is 1. The maximum atomic E-state index is 12.0. The lowest BCUT2D eigenvalue weighted by Gasteiger charge is -2.22. The van der Waals surface area contributed by atoms with Gasteiger partial charge in [0, 0.05) is 25.9 Å². The summed E-state index contributed by atoms with van der Waals surface area (Å²) in [7, 11) is -3.36. The highest BCUT2D eigenvalue weighted by molar-refractivity contribution is 7.90. The first-order valence-corrected chi connectivity index (χ1v) is 11.3. The van der Waals surface area contributed by atoms with E-state index in [9.17, 15) is 13.5 Å². The van der Waals surface area contributed by atoms with Gasteiger partial charge in [-0.25, -0.2) is 8.42 Å². The third-order valence-electron chi connectivity index (χ3n) is 4.53. The molecule has 1 aliphatic heterocycles. The second-order valence-corrected chi connectivity index (χ2v) is 9.36. The molecule has 0 bridgehead atoms. The molecule has 0 aliphatic carbocycles. The van der Waals surface area contributed by atoms with Crippen LogP contribution in [-0.2, 0) is 16.4 Å². The van der Waals surface area contributed by atoms with Gasteiger partial charge >= 0.3 is 6.01 Å². The molecule has 0 amide bonds. The van der Waals surface area contributed by atoms with Gasteiger partial charge in [-0.2, -0.15) is 9.97 Å². The average molecular weight is 422 g/mol. The number of rotatable bonds is 7. The van der Waals surface area contributed by atoms with E-state index in [0.29, 0.717) is 42.4 Å². The topological polar surface area (TPSA) is 131 Å². The average Bonchev–Trinajstić information content (AvgIpc) is 3.07. The number of aromatic nitrogens is 2. The summed E-state index contributed by atoms with van der Waals surface area (Å²) in [6, 6.07) is 6.94. The van der Waals surface area contributed by atoms with E-state index in [1.54, 1.807) is 24.3 Å². The molecular formula is C19H27N5O4S. The summed E-state index contributed by atoms with van der Waals surface area (Å²) in [5.74, 6) is 0.849. The van der Waals surface area contributed by atoms with Gasteiger partial charge in [0.2, 0.25) is 0 Å². The molecule has 0 radical (unpaired) electrons. The predicted octanol–water partition coefficient (Wildman–Crippen LogP) is 1.43. The molecule has 2 heterocycles. The minimum atomic E-state index is -3.36. The van der Waals surface area contributed by atoms with Gasteiger partial charge in [-0.1, -0.05) is 18.2 Å². The summed E-state index contributed by atoms with van der Waals surface area (Å²) < 4.78 is 29.7. The minimum absolute atomic E-state index is 0.130. The van der Waals surface area contributed by atoms with Crippen LogP contribution in [0.3, 0.4) is 0 Å². The lowest BCUT2D eigenvalue weighted by molar-refractivity contribution is 0.198. The third kappa shape index (κ3) is 5.07. The molecule has 10 heteroatoms. The molecule has 1 aromatic heterocycles. The number of benzene rings is 1. The zero-order valence-corrected chi connectivity index (χ0v) is 17.6. The first-order valence-electron chi connectivity index (χ1n) is 9.44. The van der Waals surface area contributed by atoms with Crippen LogP contribution in [0, 0.1) is 0 Å². The highest BCUT2D eigenvalue weighted by Gasteiger charge is 2.26. The summed E-state index contributed by atoms with van der Waals surface area (Å²) in [5.41, 5.74) is 7.25. The van der Waals surface area contributed by atoms with Crippen LogP contribution in [0.25, 0.3) is 0 Å².